The molecule has 1 aliphatic carbocycles. The van der Waals surface area contributed by atoms with Gasteiger partial charge in [0, 0.05) is 18.6 Å². The van der Waals surface area contributed by atoms with Crippen LogP contribution in [0.2, 0.25) is 0 Å². The number of sulfone groups is 1. The van der Waals surface area contributed by atoms with E-state index in [1.54, 1.807) is 0 Å². The van der Waals surface area contributed by atoms with Crippen molar-refractivity contribution in [3.8, 4) is 0 Å². The Labute approximate surface area is 115 Å². The SMILES string of the molecule is CC(C)CN(C(=S)NC1CC1)[C@H]1CCS(=O)(=O)C1. The van der Waals surface area contributed by atoms with Gasteiger partial charge in [0.15, 0.2) is 14.9 Å². The maximum Gasteiger partial charge on any atom is 0.169 e. The van der Waals surface area contributed by atoms with Gasteiger partial charge in [-0.3, -0.25) is 0 Å². The molecule has 0 aromatic rings. The molecule has 1 saturated heterocycles. The minimum atomic E-state index is -2.85. The number of thiocarbonyl (C=S) groups is 1. The Kier molecular flexibility index (Phi) is 4.16. The predicted octanol–water partition coefficient (Wildman–Crippen LogP) is 1.17. The molecular formula is C12H22N2O2S2. The van der Waals surface area contributed by atoms with Crippen LogP contribution in [0.25, 0.3) is 0 Å². The van der Waals surface area contributed by atoms with Crippen LogP contribution in [0.15, 0.2) is 0 Å². The van der Waals surface area contributed by atoms with Crippen LogP contribution < -0.4 is 5.32 Å². The average Bonchev–Trinajstić information content (AvgIpc) is 2.98. The van der Waals surface area contributed by atoms with Gasteiger partial charge in [-0.25, -0.2) is 8.42 Å². The van der Waals surface area contributed by atoms with Gasteiger partial charge < -0.3 is 10.2 Å². The molecule has 1 heterocycles. The number of nitrogens with one attached hydrogen (secondary N) is 1. The summed E-state index contributed by atoms with van der Waals surface area (Å²) in [5.74, 6) is 1.04. The van der Waals surface area contributed by atoms with Gasteiger partial charge in [-0.2, -0.15) is 0 Å². The predicted molar refractivity (Wildman–Crippen MR) is 77.4 cm³/mol. The Morgan fingerprint density at radius 1 is 1.39 bits per heavy atom. The molecule has 1 atom stereocenters. The maximum absolute atomic E-state index is 11.6. The van der Waals surface area contributed by atoms with E-state index >= 15 is 0 Å². The number of rotatable bonds is 4. The molecule has 1 saturated carbocycles. The minimum absolute atomic E-state index is 0.0659. The molecule has 2 rings (SSSR count). The van der Waals surface area contributed by atoms with Gasteiger partial charge in [0.05, 0.1) is 11.5 Å². The first-order chi connectivity index (χ1) is 8.37. The highest BCUT2D eigenvalue weighted by molar-refractivity contribution is 7.91. The minimum Gasteiger partial charge on any atom is -0.360 e. The van der Waals surface area contributed by atoms with Crippen molar-refractivity contribution in [2.24, 2.45) is 5.92 Å². The molecule has 2 fully saturated rings. The van der Waals surface area contributed by atoms with E-state index in [4.69, 9.17) is 12.2 Å². The van der Waals surface area contributed by atoms with Crippen molar-refractivity contribution in [2.75, 3.05) is 18.1 Å². The molecule has 1 N–H and O–H groups in total. The summed E-state index contributed by atoms with van der Waals surface area (Å²) < 4.78 is 23.2. The molecule has 104 valence electrons. The highest BCUT2D eigenvalue weighted by Gasteiger charge is 2.34. The fourth-order valence-corrected chi connectivity index (χ4v) is 4.42. The Hall–Kier alpha value is -0.360. The lowest BCUT2D eigenvalue weighted by Gasteiger charge is -2.32. The zero-order valence-corrected chi connectivity index (χ0v) is 12.7. The summed E-state index contributed by atoms with van der Waals surface area (Å²) in [5.41, 5.74) is 0. The molecule has 1 aliphatic heterocycles. The molecule has 4 nitrogen and oxygen atoms in total. The van der Waals surface area contributed by atoms with Crippen molar-refractivity contribution in [2.45, 2.75) is 45.2 Å². The smallest absolute Gasteiger partial charge is 0.169 e. The van der Waals surface area contributed by atoms with Crippen LogP contribution in [0.5, 0.6) is 0 Å². The maximum atomic E-state index is 11.6. The van der Waals surface area contributed by atoms with Crippen LogP contribution in [0.1, 0.15) is 33.1 Å². The fraction of sp³-hybridized carbons (Fsp3) is 0.917. The van der Waals surface area contributed by atoms with Crippen molar-refractivity contribution in [3.63, 3.8) is 0 Å². The Bertz CT molecular complexity index is 416. The first kappa shape index (κ1) is 14.1. The third kappa shape index (κ3) is 3.82. The van der Waals surface area contributed by atoms with E-state index in [1.165, 1.54) is 12.8 Å². The Morgan fingerprint density at radius 3 is 2.50 bits per heavy atom. The van der Waals surface area contributed by atoms with Crippen LogP contribution in [-0.4, -0.2) is 48.6 Å². The topological polar surface area (TPSA) is 49.4 Å². The van der Waals surface area contributed by atoms with Crippen molar-refractivity contribution in [1.82, 2.24) is 10.2 Å². The average molecular weight is 290 g/mol. The monoisotopic (exact) mass is 290 g/mol. The van der Waals surface area contributed by atoms with E-state index in [0.717, 1.165) is 11.7 Å². The number of hydrogen-bond donors (Lipinski definition) is 1. The largest absolute Gasteiger partial charge is 0.360 e. The second-order valence-corrected chi connectivity index (χ2v) is 8.44. The summed E-state index contributed by atoms with van der Waals surface area (Å²) in [7, 11) is -2.85. The van der Waals surface area contributed by atoms with E-state index in [9.17, 15) is 8.42 Å². The first-order valence-corrected chi connectivity index (χ1v) is 8.88. The molecule has 0 amide bonds. The molecule has 18 heavy (non-hydrogen) atoms. The van der Waals surface area contributed by atoms with Crippen molar-refractivity contribution >= 4 is 27.2 Å². The van der Waals surface area contributed by atoms with Gasteiger partial charge in [0.25, 0.3) is 0 Å². The lowest BCUT2D eigenvalue weighted by atomic mass is 10.1. The lowest BCUT2D eigenvalue weighted by Crippen LogP contribution is -2.48. The van der Waals surface area contributed by atoms with Crippen molar-refractivity contribution in [3.05, 3.63) is 0 Å². The molecule has 0 spiro atoms. The van der Waals surface area contributed by atoms with Crippen LogP contribution in [0.3, 0.4) is 0 Å². The summed E-state index contributed by atoms with van der Waals surface area (Å²) >= 11 is 5.44. The van der Waals surface area contributed by atoms with Gasteiger partial charge in [-0.1, -0.05) is 13.8 Å². The van der Waals surface area contributed by atoms with Gasteiger partial charge in [0.2, 0.25) is 0 Å². The van der Waals surface area contributed by atoms with Gasteiger partial charge in [-0.15, -0.1) is 0 Å². The summed E-state index contributed by atoms with van der Waals surface area (Å²) in [6, 6.07) is 0.585. The van der Waals surface area contributed by atoms with Crippen molar-refractivity contribution < 1.29 is 8.42 Å². The second-order valence-electron chi connectivity index (χ2n) is 5.83. The van der Waals surface area contributed by atoms with Gasteiger partial charge >= 0.3 is 0 Å². The molecule has 0 bridgehead atoms. The lowest BCUT2D eigenvalue weighted by molar-refractivity contribution is 0.295. The molecular weight excluding hydrogens is 268 g/mol. The van der Waals surface area contributed by atoms with Crippen LogP contribution >= 0.6 is 12.2 Å². The second kappa shape index (κ2) is 5.33. The van der Waals surface area contributed by atoms with E-state index in [1.807, 2.05) is 0 Å². The third-order valence-corrected chi connectivity index (χ3v) is 5.48. The molecule has 6 heteroatoms. The normalized spacial score (nSPS) is 26.3. The first-order valence-electron chi connectivity index (χ1n) is 6.65. The molecule has 0 unspecified atom stereocenters. The zero-order chi connectivity index (χ0) is 13.3. The summed E-state index contributed by atoms with van der Waals surface area (Å²) in [4.78, 5) is 2.10. The highest BCUT2D eigenvalue weighted by Crippen LogP contribution is 2.22. The fourth-order valence-electron chi connectivity index (χ4n) is 2.30. The van der Waals surface area contributed by atoms with E-state index in [0.29, 0.717) is 24.1 Å². The molecule has 0 radical (unpaired) electrons. The summed E-state index contributed by atoms with van der Waals surface area (Å²) in [6.07, 6.45) is 3.07. The number of nitrogens with zero attached hydrogens (tertiary/aromatic N) is 1. The van der Waals surface area contributed by atoms with Gasteiger partial charge in [0.1, 0.15) is 0 Å². The molecule has 0 aromatic carbocycles. The van der Waals surface area contributed by atoms with Crippen LogP contribution in [-0.2, 0) is 9.84 Å². The quantitative estimate of drug-likeness (QED) is 0.788. The van der Waals surface area contributed by atoms with Crippen LogP contribution in [0.4, 0.5) is 0 Å². The molecule has 2 aliphatic rings. The van der Waals surface area contributed by atoms with Gasteiger partial charge in [-0.05, 0) is 37.4 Å². The third-order valence-electron chi connectivity index (χ3n) is 3.38. The summed E-state index contributed by atoms with van der Waals surface area (Å²) in [5, 5.41) is 4.07. The highest BCUT2D eigenvalue weighted by atomic mass is 32.2. The van der Waals surface area contributed by atoms with Crippen molar-refractivity contribution in [1.29, 1.82) is 0 Å². The van der Waals surface area contributed by atoms with E-state index in [2.05, 4.69) is 24.1 Å². The Morgan fingerprint density at radius 2 is 2.06 bits per heavy atom. The Balaban J connectivity index is 2.01. The zero-order valence-electron chi connectivity index (χ0n) is 11.1. The van der Waals surface area contributed by atoms with E-state index < -0.39 is 9.84 Å². The van der Waals surface area contributed by atoms with E-state index in [-0.39, 0.29) is 11.8 Å². The number of hydrogen-bond acceptors (Lipinski definition) is 3. The standard InChI is InChI=1S/C12H22N2O2S2/c1-9(2)7-14(12(17)13-10-3-4-10)11-5-6-18(15,16)8-11/h9-11H,3-8H2,1-2H3,(H,13,17)/t11-/m0/s1. The van der Waals surface area contributed by atoms with Crippen LogP contribution in [0, 0.1) is 5.92 Å². The summed E-state index contributed by atoms with van der Waals surface area (Å²) in [6.45, 7) is 5.10. The molecule has 0 aromatic heterocycles.